The summed E-state index contributed by atoms with van der Waals surface area (Å²) in [6.45, 7) is 0.539. The van der Waals surface area contributed by atoms with Gasteiger partial charge < -0.3 is 31.2 Å². The lowest BCUT2D eigenvalue weighted by atomic mass is 9.88. The number of halogens is 1. The number of carbonyl (C=O) groups excluding carboxylic acids is 3. The molecule has 2 aliphatic rings. The topological polar surface area (TPSA) is 164 Å². The van der Waals surface area contributed by atoms with Gasteiger partial charge in [-0.3, -0.25) is 14.4 Å². The fraction of sp³-hybridized carbons (Fsp3) is 0.500. The fourth-order valence-corrected chi connectivity index (χ4v) is 4.86. The summed E-state index contributed by atoms with van der Waals surface area (Å²) in [7, 11) is 1.39. The van der Waals surface area contributed by atoms with Gasteiger partial charge in [-0.05, 0) is 43.7 Å². The number of hydrogen-bond acceptors (Lipinski definition) is 5. The van der Waals surface area contributed by atoms with Crippen molar-refractivity contribution in [3.63, 3.8) is 0 Å². The maximum atomic E-state index is 14.7. The molecule has 11 heteroatoms. The molecule has 3 amide bonds. The smallest absolute Gasteiger partial charge is 0.326 e. The number of nitrogens with one attached hydrogen (secondary N) is 3. The molecule has 1 saturated carbocycles. The molecule has 0 radical (unpaired) electrons. The highest BCUT2D eigenvalue weighted by atomic mass is 19.1. The van der Waals surface area contributed by atoms with Gasteiger partial charge in [-0.2, -0.15) is 0 Å². The van der Waals surface area contributed by atoms with Crippen molar-refractivity contribution >= 4 is 34.6 Å². The van der Waals surface area contributed by atoms with E-state index in [-0.39, 0.29) is 46.2 Å². The molecule has 0 bridgehead atoms. The summed E-state index contributed by atoms with van der Waals surface area (Å²) in [6, 6.07) is 1.27. The number of amides is 3. The van der Waals surface area contributed by atoms with Crippen LogP contribution in [0.4, 0.5) is 4.39 Å². The van der Waals surface area contributed by atoms with E-state index in [9.17, 15) is 28.7 Å². The van der Waals surface area contributed by atoms with Crippen LogP contribution in [0.1, 0.15) is 60.5 Å². The van der Waals surface area contributed by atoms with E-state index in [1.54, 1.807) is 0 Å². The number of aromatic amines is 1. The van der Waals surface area contributed by atoms with E-state index >= 15 is 0 Å². The first kappa shape index (κ1) is 24.5. The number of primary amides is 1. The lowest BCUT2D eigenvalue weighted by Gasteiger charge is -2.26. The number of H-pyrrole nitrogens is 1. The van der Waals surface area contributed by atoms with E-state index in [1.165, 1.54) is 19.2 Å². The molecule has 188 valence electrons. The van der Waals surface area contributed by atoms with Gasteiger partial charge in [0.05, 0.1) is 18.5 Å². The largest absolute Gasteiger partial charge is 0.496 e. The molecule has 2 fully saturated rings. The van der Waals surface area contributed by atoms with Gasteiger partial charge in [0.25, 0.3) is 5.91 Å². The maximum Gasteiger partial charge on any atom is 0.326 e. The SMILES string of the molecule is COc1ccc(F)c2[nH]c(C(N)=O)c([C@H](CC3CC3)C(=O)N[C@@H](C[C@@H]3CCCNC3=O)C(=O)O)c12. The molecule has 10 nitrogen and oxygen atoms in total. The molecular weight excluding hydrogens is 459 g/mol. The molecule has 0 spiro atoms. The van der Waals surface area contributed by atoms with Crippen LogP contribution in [0.25, 0.3) is 10.9 Å². The van der Waals surface area contributed by atoms with Crippen LogP contribution in [-0.2, 0) is 14.4 Å². The zero-order chi connectivity index (χ0) is 25.3. The van der Waals surface area contributed by atoms with E-state index in [1.807, 2.05) is 0 Å². The Bertz CT molecular complexity index is 1170. The van der Waals surface area contributed by atoms with Crippen LogP contribution in [-0.4, -0.2) is 53.5 Å². The minimum absolute atomic E-state index is 0.0181. The Kier molecular flexibility index (Phi) is 6.95. The second kappa shape index (κ2) is 9.93. The van der Waals surface area contributed by atoms with E-state index in [2.05, 4.69) is 15.6 Å². The summed E-state index contributed by atoms with van der Waals surface area (Å²) < 4.78 is 20.0. The Hall–Kier alpha value is -3.63. The monoisotopic (exact) mass is 488 g/mol. The van der Waals surface area contributed by atoms with Crippen molar-refractivity contribution in [3.8, 4) is 5.75 Å². The minimum atomic E-state index is -1.31. The normalized spacial score (nSPS) is 19.6. The number of rotatable bonds is 10. The molecule has 0 unspecified atom stereocenters. The average Bonchev–Trinajstić information content (AvgIpc) is 3.55. The third-order valence-corrected chi connectivity index (χ3v) is 6.84. The molecule has 3 atom stereocenters. The minimum Gasteiger partial charge on any atom is -0.496 e. The van der Waals surface area contributed by atoms with Gasteiger partial charge in [0.1, 0.15) is 23.3 Å². The molecular formula is C24H29FN4O6. The Morgan fingerprint density at radius 3 is 2.60 bits per heavy atom. The number of ether oxygens (including phenoxy) is 1. The summed E-state index contributed by atoms with van der Waals surface area (Å²) in [5, 5.41) is 15.3. The Balaban J connectivity index is 1.72. The number of aromatic nitrogens is 1. The molecule has 1 aromatic carbocycles. The van der Waals surface area contributed by atoms with Crippen molar-refractivity contribution in [2.24, 2.45) is 17.6 Å². The number of carboxylic acid groups (broad SMARTS) is 1. The number of carbonyl (C=O) groups is 4. The zero-order valence-electron chi connectivity index (χ0n) is 19.4. The molecule has 35 heavy (non-hydrogen) atoms. The maximum absolute atomic E-state index is 14.7. The van der Waals surface area contributed by atoms with Crippen LogP contribution in [0.2, 0.25) is 0 Å². The van der Waals surface area contributed by atoms with Crippen molar-refractivity contribution in [1.82, 2.24) is 15.6 Å². The van der Waals surface area contributed by atoms with Gasteiger partial charge >= 0.3 is 5.97 Å². The number of fused-ring (bicyclic) bond motifs is 1. The van der Waals surface area contributed by atoms with Crippen LogP contribution >= 0.6 is 0 Å². The predicted octanol–water partition coefficient (Wildman–Crippen LogP) is 1.78. The van der Waals surface area contributed by atoms with Gasteiger partial charge in [0.15, 0.2) is 0 Å². The highest BCUT2D eigenvalue weighted by Gasteiger charge is 2.38. The standard InChI is InChI=1S/C24H29FN4O6/c1-35-16-7-6-14(25)19-18(16)17(20(29-19)21(26)30)13(9-11-4-5-11)23(32)28-15(24(33)34)10-12-3-2-8-27-22(12)31/h6-7,11-13,15,29H,2-5,8-10H2,1H3,(H2,26,30)(H,27,31)(H,28,32)(H,33,34)/t12-,13-,15-/m0/s1. The molecule has 1 aliphatic carbocycles. The Morgan fingerprint density at radius 1 is 1.26 bits per heavy atom. The van der Waals surface area contributed by atoms with Crippen molar-refractivity contribution in [3.05, 3.63) is 29.2 Å². The summed E-state index contributed by atoms with van der Waals surface area (Å²) >= 11 is 0. The number of piperidine rings is 1. The first-order valence-electron chi connectivity index (χ1n) is 11.7. The quantitative estimate of drug-likeness (QED) is 0.342. The number of nitrogens with two attached hydrogens (primary N) is 1. The summed E-state index contributed by atoms with van der Waals surface area (Å²) in [4.78, 5) is 52.7. The molecule has 1 aliphatic heterocycles. The van der Waals surface area contributed by atoms with Gasteiger partial charge in [-0.15, -0.1) is 0 Å². The van der Waals surface area contributed by atoms with E-state index in [0.717, 1.165) is 19.3 Å². The third kappa shape index (κ3) is 5.08. The van der Waals surface area contributed by atoms with Crippen LogP contribution in [0.5, 0.6) is 5.75 Å². The predicted molar refractivity (Wildman–Crippen MR) is 123 cm³/mol. The number of aliphatic carboxylic acids is 1. The molecule has 1 aromatic heterocycles. The summed E-state index contributed by atoms with van der Waals surface area (Å²) in [5.41, 5.74) is 5.64. The number of benzene rings is 1. The lowest BCUT2D eigenvalue weighted by molar-refractivity contribution is -0.143. The lowest BCUT2D eigenvalue weighted by Crippen LogP contribution is -2.47. The molecule has 2 aromatic rings. The van der Waals surface area contributed by atoms with Gasteiger partial charge in [-0.25, -0.2) is 9.18 Å². The van der Waals surface area contributed by atoms with E-state index in [0.29, 0.717) is 19.4 Å². The van der Waals surface area contributed by atoms with Gasteiger partial charge in [0, 0.05) is 23.4 Å². The van der Waals surface area contributed by atoms with Crippen LogP contribution in [0.15, 0.2) is 12.1 Å². The second-order valence-electron chi connectivity index (χ2n) is 9.27. The van der Waals surface area contributed by atoms with Gasteiger partial charge in [-0.1, -0.05) is 12.8 Å². The first-order valence-corrected chi connectivity index (χ1v) is 11.7. The number of hydrogen-bond donors (Lipinski definition) is 5. The van der Waals surface area contributed by atoms with E-state index in [4.69, 9.17) is 10.5 Å². The molecule has 4 rings (SSSR count). The van der Waals surface area contributed by atoms with E-state index < -0.39 is 41.5 Å². The Morgan fingerprint density at radius 2 is 2.00 bits per heavy atom. The van der Waals surface area contributed by atoms with Crippen molar-refractivity contribution in [2.45, 2.75) is 50.5 Å². The molecule has 2 heterocycles. The number of carboxylic acids is 1. The summed E-state index contributed by atoms with van der Waals surface area (Å²) in [6.07, 6.45) is 3.29. The summed E-state index contributed by atoms with van der Waals surface area (Å²) in [5.74, 6) is -4.71. The van der Waals surface area contributed by atoms with Crippen molar-refractivity contribution in [1.29, 1.82) is 0 Å². The van der Waals surface area contributed by atoms with Crippen LogP contribution in [0, 0.1) is 17.7 Å². The van der Waals surface area contributed by atoms with Crippen molar-refractivity contribution in [2.75, 3.05) is 13.7 Å². The molecule has 6 N–H and O–H groups in total. The highest BCUT2D eigenvalue weighted by Crippen LogP contribution is 2.44. The average molecular weight is 489 g/mol. The first-order chi connectivity index (χ1) is 16.7. The fourth-order valence-electron chi connectivity index (χ4n) is 4.86. The van der Waals surface area contributed by atoms with Gasteiger partial charge in [0.2, 0.25) is 11.8 Å². The van der Waals surface area contributed by atoms with Crippen molar-refractivity contribution < 1.29 is 33.4 Å². The van der Waals surface area contributed by atoms with Crippen LogP contribution < -0.4 is 21.1 Å². The number of methoxy groups -OCH3 is 1. The van der Waals surface area contributed by atoms with Crippen LogP contribution in [0.3, 0.4) is 0 Å². The molecule has 1 saturated heterocycles. The Labute approximate surface area is 200 Å². The third-order valence-electron chi connectivity index (χ3n) is 6.84. The second-order valence-corrected chi connectivity index (χ2v) is 9.27. The highest BCUT2D eigenvalue weighted by molar-refractivity contribution is 6.06. The zero-order valence-corrected chi connectivity index (χ0v) is 19.4.